The Hall–Kier alpha value is -1.13. The smallest absolute Gasteiger partial charge is 0.129 e. The molecule has 90 valence electrons. The molecule has 0 aliphatic heterocycles. The molecule has 2 aromatic rings. The minimum absolute atomic E-state index is 0.0887. The van der Waals surface area contributed by atoms with E-state index < -0.39 is 0 Å². The lowest BCUT2D eigenvalue weighted by Crippen LogP contribution is -2.19. The summed E-state index contributed by atoms with van der Waals surface area (Å²) in [6, 6.07) is 8.73. The summed E-state index contributed by atoms with van der Waals surface area (Å²) >= 11 is 3.25. The Labute approximate surface area is 108 Å². The highest BCUT2D eigenvalue weighted by Crippen LogP contribution is 2.23. The molecule has 0 radical (unpaired) electrons. The number of nitrogens with one attached hydrogen (secondary N) is 1. The maximum atomic E-state index is 13.8. The summed E-state index contributed by atoms with van der Waals surface area (Å²) in [6.45, 7) is 0. The molecule has 1 heterocycles. The maximum absolute atomic E-state index is 13.8. The number of halogens is 2. The van der Waals surface area contributed by atoms with Gasteiger partial charge in [-0.2, -0.15) is 0 Å². The van der Waals surface area contributed by atoms with E-state index in [0.29, 0.717) is 12.0 Å². The predicted octanol–water partition coefficient (Wildman–Crippen LogP) is 3.68. The fraction of sp³-hybridized carbons (Fsp3) is 0.231. The van der Waals surface area contributed by atoms with Gasteiger partial charge in [0.1, 0.15) is 11.6 Å². The van der Waals surface area contributed by atoms with E-state index >= 15 is 0 Å². The van der Waals surface area contributed by atoms with Crippen LogP contribution in [0.2, 0.25) is 0 Å². The van der Waals surface area contributed by atoms with Crippen LogP contribution in [0.25, 0.3) is 0 Å². The lowest BCUT2D eigenvalue weighted by atomic mass is 10.0. The Kier molecular flexibility index (Phi) is 3.97. The summed E-state index contributed by atoms with van der Waals surface area (Å²) in [5.41, 5.74) is 0.645. The molecule has 1 unspecified atom stereocenters. The van der Waals surface area contributed by atoms with Gasteiger partial charge in [0, 0.05) is 22.5 Å². The van der Waals surface area contributed by atoms with Crippen LogP contribution in [0.15, 0.2) is 45.5 Å². The second kappa shape index (κ2) is 5.47. The number of benzene rings is 1. The van der Waals surface area contributed by atoms with Crippen molar-refractivity contribution in [1.82, 2.24) is 5.32 Å². The average molecular weight is 298 g/mol. The zero-order valence-electron chi connectivity index (χ0n) is 9.41. The van der Waals surface area contributed by atoms with Crippen LogP contribution in [-0.4, -0.2) is 7.05 Å². The van der Waals surface area contributed by atoms with Crippen molar-refractivity contribution in [2.45, 2.75) is 12.5 Å². The van der Waals surface area contributed by atoms with Gasteiger partial charge in [0.05, 0.1) is 6.26 Å². The molecule has 4 heteroatoms. The van der Waals surface area contributed by atoms with Crippen molar-refractivity contribution in [1.29, 1.82) is 0 Å². The topological polar surface area (TPSA) is 25.2 Å². The quantitative estimate of drug-likeness (QED) is 0.931. The van der Waals surface area contributed by atoms with E-state index in [1.54, 1.807) is 12.3 Å². The summed E-state index contributed by atoms with van der Waals surface area (Å²) in [5, 5.41) is 3.10. The fourth-order valence-electron chi connectivity index (χ4n) is 1.78. The summed E-state index contributed by atoms with van der Waals surface area (Å²) in [5.74, 6) is 0.622. The Morgan fingerprint density at radius 2 is 2.24 bits per heavy atom. The molecular weight excluding hydrogens is 285 g/mol. The van der Waals surface area contributed by atoms with Crippen LogP contribution in [0.4, 0.5) is 4.39 Å². The first-order valence-corrected chi connectivity index (χ1v) is 6.14. The van der Waals surface area contributed by atoms with E-state index in [0.717, 1.165) is 10.2 Å². The van der Waals surface area contributed by atoms with Crippen LogP contribution < -0.4 is 5.32 Å². The first kappa shape index (κ1) is 12.3. The number of rotatable bonds is 4. The Morgan fingerprint density at radius 1 is 1.41 bits per heavy atom. The van der Waals surface area contributed by atoms with E-state index in [-0.39, 0.29) is 11.9 Å². The molecule has 0 bridgehead atoms. The van der Waals surface area contributed by atoms with Crippen LogP contribution >= 0.6 is 15.9 Å². The third kappa shape index (κ3) is 2.96. The predicted molar refractivity (Wildman–Crippen MR) is 68.3 cm³/mol. The van der Waals surface area contributed by atoms with Crippen LogP contribution in [-0.2, 0) is 6.42 Å². The van der Waals surface area contributed by atoms with E-state index in [1.165, 1.54) is 6.07 Å². The second-order valence-corrected chi connectivity index (χ2v) is 4.71. The lowest BCUT2D eigenvalue weighted by molar-refractivity contribution is 0.455. The minimum atomic E-state index is -0.217. The molecule has 1 atom stereocenters. The molecule has 0 spiro atoms. The molecule has 0 saturated heterocycles. The van der Waals surface area contributed by atoms with Gasteiger partial charge in [0.25, 0.3) is 0 Å². The number of likely N-dealkylation sites (N-methyl/N-ethyl adjacent to an activating group) is 1. The Balaban J connectivity index is 2.23. The molecular formula is C13H13BrFNO. The molecule has 0 amide bonds. The van der Waals surface area contributed by atoms with Gasteiger partial charge in [-0.05, 0) is 31.3 Å². The third-order valence-electron chi connectivity index (χ3n) is 2.67. The minimum Gasteiger partial charge on any atom is -0.469 e. The van der Waals surface area contributed by atoms with Crippen LogP contribution in [0.5, 0.6) is 0 Å². The van der Waals surface area contributed by atoms with Crippen LogP contribution in [0.1, 0.15) is 17.4 Å². The van der Waals surface area contributed by atoms with Crippen molar-refractivity contribution >= 4 is 15.9 Å². The Morgan fingerprint density at radius 3 is 2.82 bits per heavy atom. The SMILES string of the molecule is CNC(Cc1ccco1)c1ccc(Br)cc1F. The van der Waals surface area contributed by atoms with Gasteiger partial charge < -0.3 is 9.73 Å². The third-order valence-corrected chi connectivity index (χ3v) is 3.17. The van der Waals surface area contributed by atoms with Crippen molar-refractivity contribution in [3.63, 3.8) is 0 Å². The van der Waals surface area contributed by atoms with E-state index in [1.807, 2.05) is 25.2 Å². The van der Waals surface area contributed by atoms with E-state index in [2.05, 4.69) is 21.2 Å². The molecule has 17 heavy (non-hydrogen) atoms. The average Bonchev–Trinajstić information content (AvgIpc) is 2.79. The molecule has 0 aliphatic carbocycles. The summed E-state index contributed by atoms with van der Waals surface area (Å²) in [7, 11) is 1.81. The van der Waals surface area contributed by atoms with Crippen molar-refractivity contribution in [3.8, 4) is 0 Å². The van der Waals surface area contributed by atoms with Gasteiger partial charge in [-0.3, -0.25) is 0 Å². The van der Waals surface area contributed by atoms with Crippen molar-refractivity contribution in [2.75, 3.05) is 7.05 Å². The standard InChI is InChI=1S/C13H13BrFNO/c1-16-13(8-10-3-2-6-17-10)11-5-4-9(14)7-12(11)15/h2-7,13,16H,8H2,1H3. The highest BCUT2D eigenvalue weighted by molar-refractivity contribution is 9.10. The highest BCUT2D eigenvalue weighted by atomic mass is 79.9. The number of hydrogen-bond donors (Lipinski definition) is 1. The molecule has 0 saturated carbocycles. The molecule has 0 fully saturated rings. The van der Waals surface area contributed by atoms with Crippen molar-refractivity contribution in [2.24, 2.45) is 0 Å². The van der Waals surface area contributed by atoms with Crippen molar-refractivity contribution in [3.05, 3.63) is 58.2 Å². The highest BCUT2D eigenvalue weighted by Gasteiger charge is 2.15. The largest absolute Gasteiger partial charge is 0.469 e. The summed E-state index contributed by atoms with van der Waals surface area (Å²) < 4.78 is 19.8. The zero-order valence-corrected chi connectivity index (χ0v) is 11.0. The first-order valence-electron chi connectivity index (χ1n) is 5.35. The van der Waals surface area contributed by atoms with Gasteiger partial charge in [0.15, 0.2) is 0 Å². The monoisotopic (exact) mass is 297 g/mol. The van der Waals surface area contributed by atoms with Crippen molar-refractivity contribution < 1.29 is 8.81 Å². The molecule has 1 aromatic carbocycles. The van der Waals surface area contributed by atoms with Crippen LogP contribution in [0, 0.1) is 5.82 Å². The summed E-state index contributed by atoms with van der Waals surface area (Å²) in [6.07, 6.45) is 2.25. The lowest BCUT2D eigenvalue weighted by Gasteiger charge is -2.16. The second-order valence-electron chi connectivity index (χ2n) is 3.79. The van der Waals surface area contributed by atoms with E-state index in [4.69, 9.17) is 4.42 Å². The number of furan rings is 1. The molecule has 2 nitrogen and oxygen atoms in total. The molecule has 0 aliphatic rings. The molecule has 1 aromatic heterocycles. The van der Waals surface area contributed by atoms with Gasteiger partial charge in [-0.15, -0.1) is 0 Å². The van der Waals surface area contributed by atoms with Gasteiger partial charge in [-0.25, -0.2) is 4.39 Å². The zero-order chi connectivity index (χ0) is 12.3. The van der Waals surface area contributed by atoms with Gasteiger partial charge in [-0.1, -0.05) is 22.0 Å². The molecule has 1 N–H and O–H groups in total. The fourth-order valence-corrected chi connectivity index (χ4v) is 2.11. The Bertz CT molecular complexity index is 484. The van der Waals surface area contributed by atoms with Gasteiger partial charge in [0.2, 0.25) is 0 Å². The normalized spacial score (nSPS) is 12.6. The number of hydrogen-bond acceptors (Lipinski definition) is 2. The van der Waals surface area contributed by atoms with Crippen LogP contribution in [0.3, 0.4) is 0 Å². The summed E-state index contributed by atoms with van der Waals surface area (Å²) in [4.78, 5) is 0. The molecule has 2 rings (SSSR count). The first-order chi connectivity index (χ1) is 8.20. The van der Waals surface area contributed by atoms with E-state index in [9.17, 15) is 4.39 Å². The maximum Gasteiger partial charge on any atom is 0.129 e. The van der Waals surface area contributed by atoms with Gasteiger partial charge >= 0.3 is 0 Å².